The number of rotatable bonds is 4. The standard InChI is InChI=1S/C10H21N/c1-6-9(3,4)8-10(5,11)7-2/h7H,2,6,8,11H2,1,3-5H3. The molecule has 0 saturated heterocycles. The summed E-state index contributed by atoms with van der Waals surface area (Å²) in [4.78, 5) is 0. The SMILES string of the molecule is C=CC(C)(N)CC(C)(C)CC. The summed E-state index contributed by atoms with van der Waals surface area (Å²) in [6.45, 7) is 12.4. The second-order valence-electron chi connectivity index (χ2n) is 4.40. The van der Waals surface area contributed by atoms with Crippen molar-refractivity contribution in [2.45, 2.75) is 46.1 Å². The van der Waals surface area contributed by atoms with Gasteiger partial charge in [-0.25, -0.2) is 0 Å². The van der Waals surface area contributed by atoms with Crippen molar-refractivity contribution in [1.82, 2.24) is 0 Å². The third kappa shape index (κ3) is 4.20. The summed E-state index contributed by atoms with van der Waals surface area (Å²) >= 11 is 0. The topological polar surface area (TPSA) is 26.0 Å². The Morgan fingerprint density at radius 2 is 1.82 bits per heavy atom. The molecule has 0 heterocycles. The van der Waals surface area contributed by atoms with Crippen molar-refractivity contribution in [2.75, 3.05) is 0 Å². The van der Waals surface area contributed by atoms with Gasteiger partial charge in [-0.15, -0.1) is 6.58 Å². The molecule has 11 heavy (non-hydrogen) atoms. The minimum Gasteiger partial charge on any atom is -0.322 e. The Hall–Kier alpha value is -0.300. The maximum atomic E-state index is 5.96. The Kier molecular flexibility index (Phi) is 3.30. The van der Waals surface area contributed by atoms with Gasteiger partial charge in [0.1, 0.15) is 0 Å². The molecule has 0 spiro atoms. The van der Waals surface area contributed by atoms with Crippen LogP contribution in [-0.2, 0) is 0 Å². The van der Waals surface area contributed by atoms with Crippen LogP contribution in [0.1, 0.15) is 40.5 Å². The Bertz CT molecular complexity index is 134. The molecule has 0 aromatic rings. The van der Waals surface area contributed by atoms with E-state index in [-0.39, 0.29) is 5.54 Å². The van der Waals surface area contributed by atoms with Crippen LogP contribution in [0.25, 0.3) is 0 Å². The Labute approximate surface area is 70.7 Å². The molecule has 66 valence electrons. The van der Waals surface area contributed by atoms with Crippen LogP contribution in [0.3, 0.4) is 0 Å². The van der Waals surface area contributed by atoms with Gasteiger partial charge in [-0.1, -0.05) is 33.3 Å². The van der Waals surface area contributed by atoms with Crippen LogP contribution in [-0.4, -0.2) is 5.54 Å². The highest BCUT2D eigenvalue weighted by Crippen LogP contribution is 2.29. The lowest BCUT2D eigenvalue weighted by atomic mass is 9.78. The van der Waals surface area contributed by atoms with Gasteiger partial charge < -0.3 is 5.73 Å². The van der Waals surface area contributed by atoms with Crippen LogP contribution in [0.15, 0.2) is 12.7 Å². The summed E-state index contributed by atoms with van der Waals surface area (Å²) in [5, 5.41) is 0. The van der Waals surface area contributed by atoms with E-state index in [0.717, 1.165) is 12.8 Å². The van der Waals surface area contributed by atoms with Gasteiger partial charge in [0.15, 0.2) is 0 Å². The fourth-order valence-electron chi connectivity index (χ4n) is 1.23. The molecule has 1 heteroatoms. The quantitative estimate of drug-likeness (QED) is 0.621. The van der Waals surface area contributed by atoms with Crippen LogP contribution in [0, 0.1) is 5.41 Å². The molecule has 0 bridgehead atoms. The molecule has 0 aliphatic rings. The van der Waals surface area contributed by atoms with E-state index in [4.69, 9.17) is 5.73 Å². The molecule has 0 radical (unpaired) electrons. The van der Waals surface area contributed by atoms with E-state index in [1.165, 1.54) is 0 Å². The van der Waals surface area contributed by atoms with Gasteiger partial charge in [-0.2, -0.15) is 0 Å². The third-order valence-corrected chi connectivity index (χ3v) is 2.28. The van der Waals surface area contributed by atoms with Gasteiger partial charge in [0, 0.05) is 5.54 Å². The first-order valence-corrected chi connectivity index (χ1v) is 4.25. The lowest BCUT2D eigenvalue weighted by Crippen LogP contribution is -2.38. The summed E-state index contributed by atoms with van der Waals surface area (Å²) in [6, 6.07) is 0. The van der Waals surface area contributed by atoms with Crippen molar-refractivity contribution in [3.8, 4) is 0 Å². The van der Waals surface area contributed by atoms with Crippen LogP contribution in [0.5, 0.6) is 0 Å². The van der Waals surface area contributed by atoms with E-state index in [1.807, 2.05) is 13.0 Å². The average Bonchev–Trinajstić information content (AvgIpc) is 1.86. The molecule has 0 fully saturated rings. The summed E-state index contributed by atoms with van der Waals surface area (Å²) in [5.74, 6) is 0. The normalized spacial score (nSPS) is 17.5. The van der Waals surface area contributed by atoms with Crippen molar-refractivity contribution in [2.24, 2.45) is 11.1 Å². The second kappa shape index (κ2) is 3.40. The van der Waals surface area contributed by atoms with Gasteiger partial charge in [0.05, 0.1) is 0 Å². The molecular weight excluding hydrogens is 134 g/mol. The van der Waals surface area contributed by atoms with Crippen LogP contribution in [0.2, 0.25) is 0 Å². The maximum Gasteiger partial charge on any atom is 0.0312 e. The molecular formula is C10H21N. The molecule has 1 atom stereocenters. The van der Waals surface area contributed by atoms with Gasteiger partial charge in [0.25, 0.3) is 0 Å². The Morgan fingerprint density at radius 3 is 2.09 bits per heavy atom. The molecule has 0 aliphatic heterocycles. The smallest absolute Gasteiger partial charge is 0.0312 e. The highest BCUT2D eigenvalue weighted by Gasteiger charge is 2.24. The lowest BCUT2D eigenvalue weighted by molar-refractivity contribution is 0.267. The first kappa shape index (κ1) is 10.7. The van der Waals surface area contributed by atoms with E-state index in [0.29, 0.717) is 5.41 Å². The predicted octanol–water partition coefficient (Wildman–Crippen LogP) is 2.72. The van der Waals surface area contributed by atoms with Crippen LogP contribution in [0.4, 0.5) is 0 Å². The maximum absolute atomic E-state index is 5.96. The Balaban J connectivity index is 4.12. The average molecular weight is 155 g/mol. The highest BCUT2D eigenvalue weighted by molar-refractivity contribution is 4.99. The Morgan fingerprint density at radius 1 is 1.36 bits per heavy atom. The number of nitrogens with two attached hydrogens (primary N) is 1. The molecule has 0 aromatic heterocycles. The van der Waals surface area contributed by atoms with Gasteiger partial charge in [-0.3, -0.25) is 0 Å². The van der Waals surface area contributed by atoms with E-state index < -0.39 is 0 Å². The fourth-order valence-corrected chi connectivity index (χ4v) is 1.23. The monoisotopic (exact) mass is 155 g/mol. The van der Waals surface area contributed by atoms with Gasteiger partial charge in [-0.05, 0) is 18.8 Å². The number of hydrogen-bond donors (Lipinski definition) is 1. The van der Waals surface area contributed by atoms with Crippen molar-refractivity contribution < 1.29 is 0 Å². The van der Waals surface area contributed by atoms with Gasteiger partial charge >= 0.3 is 0 Å². The van der Waals surface area contributed by atoms with E-state index >= 15 is 0 Å². The molecule has 2 N–H and O–H groups in total. The van der Waals surface area contributed by atoms with Crippen LogP contribution < -0.4 is 5.73 Å². The largest absolute Gasteiger partial charge is 0.322 e. The zero-order valence-electron chi connectivity index (χ0n) is 8.28. The van der Waals surface area contributed by atoms with E-state index in [9.17, 15) is 0 Å². The molecule has 0 aliphatic carbocycles. The summed E-state index contributed by atoms with van der Waals surface area (Å²) in [6.07, 6.45) is 4.00. The minimum atomic E-state index is -0.209. The molecule has 0 rings (SSSR count). The first-order chi connectivity index (χ1) is 4.83. The van der Waals surface area contributed by atoms with E-state index in [2.05, 4.69) is 27.4 Å². The predicted molar refractivity (Wildman–Crippen MR) is 51.5 cm³/mol. The second-order valence-corrected chi connectivity index (χ2v) is 4.40. The summed E-state index contributed by atoms with van der Waals surface area (Å²) < 4.78 is 0. The van der Waals surface area contributed by atoms with Crippen LogP contribution >= 0.6 is 0 Å². The first-order valence-electron chi connectivity index (χ1n) is 4.25. The molecule has 0 amide bonds. The molecule has 0 aromatic carbocycles. The van der Waals surface area contributed by atoms with Crippen molar-refractivity contribution in [3.05, 3.63) is 12.7 Å². The van der Waals surface area contributed by atoms with Crippen molar-refractivity contribution in [1.29, 1.82) is 0 Å². The molecule has 0 saturated carbocycles. The zero-order chi connectivity index (χ0) is 9.12. The fraction of sp³-hybridized carbons (Fsp3) is 0.800. The minimum absolute atomic E-state index is 0.209. The number of hydrogen-bond acceptors (Lipinski definition) is 1. The summed E-state index contributed by atoms with van der Waals surface area (Å²) in [5.41, 5.74) is 6.08. The molecule has 1 nitrogen and oxygen atoms in total. The molecule has 1 unspecified atom stereocenters. The lowest BCUT2D eigenvalue weighted by Gasteiger charge is -2.31. The summed E-state index contributed by atoms with van der Waals surface area (Å²) in [7, 11) is 0. The van der Waals surface area contributed by atoms with E-state index in [1.54, 1.807) is 0 Å². The third-order valence-electron chi connectivity index (χ3n) is 2.28. The van der Waals surface area contributed by atoms with Gasteiger partial charge in [0.2, 0.25) is 0 Å². The van der Waals surface area contributed by atoms with Crippen molar-refractivity contribution >= 4 is 0 Å². The zero-order valence-corrected chi connectivity index (χ0v) is 8.28. The highest BCUT2D eigenvalue weighted by atomic mass is 14.7. The van der Waals surface area contributed by atoms with Crippen molar-refractivity contribution in [3.63, 3.8) is 0 Å².